The Morgan fingerprint density at radius 1 is 1.25 bits per heavy atom. The van der Waals surface area contributed by atoms with Crippen LogP contribution in [0.1, 0.15) is 12.8 Å². The van der Waals surface area contributed by atoms with Gasteiger partial charge in [0.2, 0.25) is 5.91 Å². The van der Waals surface area contributed by atoms with Gasteiger partial charge < -0.3 is 20.5 Å². The molecule has 4 rings (SSSR count). The number of hydrogen-bond donors (Lipinski definition) is 3. The van der Waals surface area contributed by atoms with E-state index in [1.165, 1.54) is 12.4 Å². The van der Waals surface area contributed by atoms with E-state index in [9.17, 15) is 13.6 Å². The summed E-state index contributed by atoms with van der Waals surface area (Å²) in [6.45, 7) is 1.49. The summed E-state index contributed by atoms with van der Waals surface area (Å²) in [4.78, 5) is 26.1. The van der Waals surface area contributed by atoms with Gasteiger partial charge in [0.25, 0.3) is 0 Å². The molecular formula is C19H20F2N6O. The molecule has 28 heavy (non-hydrogen) atoms. The Balaban J connectivity index is 1.35. The number of H-pyrrole nitrogens is 1. The van der Waals surface area contributed by atoms with Crippen LogP contribution >= 0.6 is 0 Å². The van der Waals surface area contributed by atoms with Crippen molar-refractivity contribution in [3.8, 4) is 0 Å². The van der Waals surface area contributed by atoms with Crippen molar-refractivity contribution in [1.29, 1.82) is 0 Å². The summed E-state index contributed by atoms with van der Waals surface area (Å²) in [5, 5.41) is 6.76. The smallest absolute Gasteiger partial charge is 0.239 e. The zero-order valence-electron chi connectivity index (χ0n) is 15.1. The first kappa shape index (κ1) is 18.1. The van der Waals surface area contributed by atoms with Gasteiger partial charge in [-0.25, -0.2) is 18.7 Å². The number of anilines is 2. The standard InChI is InChI=1S/C19H20F2N6O/c20-15-4-3-12(8-16(15)21)23-9-17(28)26-13-2-1-7-27(10-13)19-14-5-6-22-18(14)24-11-25-19/h3-6,8,11,13,23H,1-2,7,9-10H2,(H,26,28)(H,22,24,25)/t13-/m0/s1. The van der Waals surface area contributed by atoms with Crippen LogP contribution in [-0.4, -0.2) is 46.5 Å². The fourth-order valence-corrected chi connectivity index (χ4v) is 3.47. The number of carbonyl (C=O) groups excluding carboxylic acids is 1. The topological polar surface area (TPSA) is 85.9 Å². The molecular weight excluding hydrogens is 366 g/mol. The average molecular weight is 386 g/mol. The van der Waals surface area contributed by atoms with Gasteiger partial charge in [0, 0.05) is 37.1 Å². The highest BCUT2D eigenvalue weighted by Crippen LogP contribution is 2.25. The van der Waals surface area contributed by atoms with E-state index in [0.717, 1.165) is 48.4 Å². The molecule has 1 fully saturated rings. The summed E-state index contributed by atoms with van der Waals surface area (Å²) in [5.74, 6) is -1.22. The van der Waals surface area contributed by atoms with Crippen LogP contribution in [0.2, 0.25) is 0 Å². The van der Waals surface area contributed by atoms with E-state index in [4.69, 9.17) is 0 Å². The van der Waals surface area contributed by atoms with E-state index < -0.39 is 11.6 Å². The molecule has 2 aromatic heterocycles. The predicted octanol–water partition coefficient (Wildman–Crippen LogP) is 2.43. The number of piperidine rings is 1. The molecule has 0 bridgehead atoms. The number of nitrogens with zero attached hydrogens (tertiary/aromatic N) is 3. The van der Waals surface area contributed by atoms with E-state index in [1.807, 2.05) is 12.3 Å². The largest absolute Gasteiger partial charge is 0.376 e. The number of amides is 1. The Hall–Kier alpha value is -3.23. The summed E-state index contributed by atoms with van der Waals surface area (Å²) in [6.07, 6.45) is 5.16. The van der Waals surface area contributed by atoms with Crippen molar-refractivity contribution in [2.24, 2.45) is 0 Å². The van der Waals surface area contributed by atoms with E-state index in [-0.39, 0.29) is 18.5 Å². The molecule has 0 spiro atoms. The van der Waals surface area contributed by atoms with E-state index in [0.29, 0.717) is 12.2 Å². The van der Waals surface area contributed by atoms with Crippen LogP contribution < -0.4 is 15.5 Å². The zero-order chi connectivity index (χ0) is 19.5. The molecule has 7 nitrogen and oxygen atoms in total. The first-order valence-electron chi connectivity index (χ1n) is 9.11. The fourth-order valence-electron chi connectivity index (χ4n) is 3.47. The molecule has 0 aliphatic carbocycles. The normalized spacial score (nSPS) is 16.9. The Kier molecular flexibility index (Phi) is 5.05. The van der Waals surface area contributed by atoms with Gasteiger partial charge in [0.05, 0.1) is 11.9 Å². The van der Waals surface area contributed by atoms with Crippen molar-refractivity contribution >= 4 is 28.4 Å². The Morgan fingerprint density at radius 2 is 2.14 bits per heavy atom. The van der Waals surface area contributed by atoms with Crippen molar-refractivity contribution in [1.82, 2.24) is 20.3 Å². The van der Waals surface area contributed by atoms with Gasteiger partial charge in [-0.15, -0.1) is 0 Å². The Morgan fingerprint density at radius 3 is 3.00 bits per heavy atom. The lowest BCUT2D eigenvalue weighted by atomic mass is 10.1. The maximum absolute atomic E-state index is 13.2. The SMILES string of the molecule is O=C(CNc1ccc(F)c(F)c1)N[C@H]1CCCN(c2ncnc3[nH]ccc23)C1. The van der Waals surface area contributed by atoms with Crippen LogP contribution in [0, 0.1) is 11.6 Å². The van der Waals surface area contributed by atoms with Gasteiger partial charge in [-0.05, 0) is 31.0 Å². The maximum atomic E-state index is 13.2. The van der Waals surface area contributed by atoms with E-state index in [2.05, 4.69) is 30.5 Å². The lowest BCUT2D eigenvalue weighted by Crippen LogP contribution is -2.49. The summed E-state index contributed by atoms with van der Waals surface area (Å²) in [6, 6.07) is 5.38. The van der Waals surface area contributed by atoms with Crippen LogP contribution in [0.3, 0.4) is 0 Å². The van der Waals surface area contributed by atoms with Crippen LogP contribution in [0.15, 0.2) is 36.8 Å². The molecule has 1 amide bonds. The number of carbonyl (C=O) groups is 1. The Bertz CT molecular complexity index is 991. The number of aromatic nitrogens is 3. The number of aromatic amines is 1. The third-order valence-electron chi connectivity index (χ3n) is 4.79. The van der Waals surface area contributed by atoms with Gasteiger partial charge >= 0.3 is 0 Å². The maximum Gasteiger partial charge on any atom is 0.239 e. The zero-order valence-corrected chi connectivity index (χ0v) is 15.1. The second-order valence-electron chi connectivity index (χ2n) is 6.77. The minimum Gasteiger partial charge on any atom is -0.376 e. The van der Waals surface area contributed by atoms with E-state index in [1.54, 1.807) is 0 Å². The molecule has 146 valence electrons. The molecule has 3 N–H and O–H groups in total. The number of fused-ring (bicyclic) bond motifs is 1. The average Bonchev–Trinajstić information content (AvgIpc) is 3.18. The van der Waals surface area contributed by atoms with Crippen LogP contribution in [0.25, 0.3) is 11.0 Å². The molecule has 0 radical (unpaired) electrons. The van der Waals surface area contributed by atoms with Gasteiger partial charge in [-0.3, -0.25) is 4.79 Å². The number of rotatable bonds is 5. The first-order chi connectivity index (χ1) is 13.6. The first-order valence-corrected chi connectivity index (χ1v) is 9.11. The second kappa shape index (κ2) is 7.79. The molecule has 1 saturated heterocycles. The molecule has 0 unspecified atom stereocenters. The molecule has 1 atom stereocenters. The molecule has 9 heteroatoms. The monoisotopic (exact) mass is 386 g/mol. The molecule has 3 heterocycles. The molecule has 1 aliphatic rings. The minimum atomic E-state index is -0.950. The van der Waals surface area contributed by atoms with Crippen molar-refractivity contribution in [3.05, 3.63) is 48.4 Å². The van der Waals surface area contributed by atoms with Gasteiger partial charge in [-0.1, -0.05) is 0 Å². The fraction of sp³-hybridized carbons (Fsp3) is 0.316. The number of nitrogens with one attached hydrogen (secondary N) is 3. The lowest BCUT2D eigenvalue weighted by Gasteiger charge is -2.34. The molecule has 1 aromatic carbocycles. The summed E-state index contributed by atoms with van der Waals surface area (Å²) < 4.78 is 26.2. The highest BCUT2D eigenvalue weighted by Gasteiger charge is 2.23. The van der Waals surface area contributed by atoms with Gasteiger partial charge in [-0.2, -0.15) is 0 Å². The number of halogens is 2. The van der Waals surface area contributed by atoms with Gasteiger partial charge in [0.15, 0.2) is 11.6 Å². The van der Waals surface area contributed by atoms with Crippen molar-refractivity contribution in [2.45, 2.75) is 18.9 Å². The third kappa shape index (κ3) is 3.88. The van der Waals surface area contributed by atoms with Crippen LogP contribution in [-0.2, 0) is 4.79 Å². The van der Waals surface area contributed by atoms with Crippen molar-refractivity contribution < 1.29 is 13.6 Å². The minimum absolute atomic E-state index is 0.0167. The lowest BCUT2D eigenvalue weighted by molar-refractivity contribution is -0.120. The summed E-state index contributed by atoms with van der Waals surface area (Å²) in [7, 11) is 0. The van der Waals surface area contributed by atoms with Crippen molar-refractivity contribution in [2.75, 3.05) is 29.9 Å². The highest BCUT2D eigenvalue weighted by atomic mass is 19.2. The number of hydrogen-bond acceptors (Lipinski definition) is 5. The molecule has 0 saturated carbocycles. The second-order valence-corrected chi connectivity index (χ2v) is 6.77. The Labute approximate surface area is 160 Å². The van der Waals surface area contributed by atoms with E-state index >= 15 is 0 Å². The van der Waals surface area contributed by atoms with Gasteiger partial charge in [0.1, 0.15) is 17.8 Å². The third-order valence-corrected chi connectivity index (χ3v) is 4.79. The quantitative estimate of drug-likeness (QED) is 0.627. The summed E-state index contributed by atoms with van der Waals surface area (Å²) >= 11 is 0. The van der Waals surface area contributed by atoms with Crippen LogP contribution in [0.5, 0.6) is 0 Å². The highest BCUT2D eigenvalue weighted by molar-refractivity contribution is 5.87. The molecule has 1 aliphatic heterocycles. The van der Waals surface area contributed by atoms with Crippen LogP contribution in [0.4, 0.5) is 20.3 Å². The predicted molar refractivity (Wildman–Crippen MR) is 102 cm³/mol. The van der Waals surface area contributed by atoms with Crippen molar-refractivity contribution in [3.63, 3.8) is 0 Å². The molecule has 3 aromatic rings. The summed E-state index contributed by atoms with van der Waals surface area (Å²) in [5.41, 5.74) is 1.14. The number of benzene rings is 1.